The van der Waals surface area contributed by atoms with Gasteiger partial charge < -0.3 is 10.3 Å². The van der Waals surface area contributed by atoms with Gasteiger partial charge in [-0.2, -0.15) is 0 Å². The van der Waals surface area contributed by atoms with E-state index in [1.807, 2.05) is 0 Å². The van der Waals surface area contributed by atoms with Crippen LogP contribution in [0.15, 0.2) is 29.4 Å². The van der Waals surface area contributed by atoms with Crippen LogP contribution in [-0.4, -0.2) is 28.1 Å². The first kappa shape index (κ1) is 14.9. The van der Waals surface area contributed by atoms with Crippen molar-refractivity contribution in [3.05, 3.63) is 40.5 Å². The number of non-ortho nitro benzene ring substituents is 1. The van der Waals surface area contributed by atoms with Gasteiger partial charge in [0.25, 0.3) is 5.69 Å². The number of nitrogen functional groups attached to an aromatic ring is 1. The van der Waals surface area contributed by atoms with E-state index in [1.165, 1.54) is 6.33 Å². The highest BCUT2D eigenvalue weighted by Crippen LogP contribution is 2.23. The third kappa shape index (κ3) is 3.14. The summed E-state index contributed by atoms with van der Waals surface area (Å²) in [7, 11) is -2.23. The molecule has 2 aromatic rings. The zero-order chi connectivity index (χ0) is 15.6. The minimum absolute atomic E-state index is 0.0741. The van der Waals surface area contributed by atoms with E-state index in [1.54, 1.807) is 11.6 Å². The Bertz CT molecular complexity index is 785. The lowest BCUT2D eigenvalue weighted by Crippen LogP contribution is -2.25. The van der Waals surface area contributed by atoms with Crippen LogP contribution < -0.4 is 10.5 Å². The Balaban J connectivity index is 2.23. The summed E-state index contributed by atoms with van der Waals surface area (Å²) < 4.78 is 28.1. The molecule has 1 aromatic carbocycles. The molecular weight excluding hydrogens is 300 g/mol. The predicted molar refractivity (Wildman–Crippen MR) is 72.5 cm³/mol. The lowest BCUT2D eigenvalue weighted by molar-refractivity contribution is -0.384. The fourth-order valence-electron chi connectivity index (χ4n) is 1.60. The van der Waals surface area contributed by atoms with Gasteiger partial charge in [0.05, 0.1) is 17.2 Å². The molecule has 0 saturated carbocycles. The number of nitrogens with zero attached hydrogens (tertiary/aromatic N) is 4. The van der Waals surface area contributed by atoms with Gasteiger partial charge in [0.2, 0.25) is 10.0 Å². The fraction of sp³-hybridized carbons (Fsp3) is 0.200. The zero-order valence-electron chi connectivity index (χ0n) is 10.9. The number of nitrogens with one attached hydrogen (secondary N) is 1. The summed E-state index contributed by atoms with van der Waals surface area (Å²) >= 11 is 0. The van der Waals surface area contributed by atoms with E-state index < -0.39 is 14.9 Å². The van der Waals surface area contributed by atoms with Crippen molar-refractivity contribution in [3.8, 4) is 0 Å². The first-order valence-corrected chi connectivity index (χ1v) is 7.16. The molecule has 0 unspecified atom stereocenters. The highest BCUT2D eigenvalue weighted by atomic mass is 32.2. The smallest absolute Gasteiger partial charge is 0.271 e. The summed E-state index contributed by atoms with van der Waals surface area (Å²) in [4.78, 5) is 9.72. The molecule has 0 aliphatic heterocycles. The molecule has 0 spiro atoms. The second-order valence-corrected chi connectivity index (χ2v) is 5.90. The van der Waals surface area contributed by atoms with Gasteiger partial charge >= 0.3 is 0 Å². The molecule has 0 aliphatic rings. The Hall–Kier alpha value is -2.53. The monoisotopic (exact) mass is 312 g/mol. The quantitative estimate of drug-likeness (QED) is 0.441. The highest BCUT2D eigenvalue weighted by Gasteiger charge is 2.20. The van der Waals surface area contributed by atoms with E-state index in [4.69, 9.17) is 5.73 Å². The minimum Gasteiger partial charge on any atom is -0.397 e. The normalized spacial score (nSPS) is 11.5. The van der Waals surface area contributed by atoms with Gasteiger partial charge in [-0.3, -0.25) is 10.1 Å². The summed E-state index contributed by atoms with van der Waals surface area (Å²) in [6.45, 7) is -0.0741. The molecule has 21 heavy (non-hydrogen) atoms. The van der Waals surface area contributed by atoms with E-state index in [9.17, 15) is 18.5 Å². The number of hydrogen-bond acceptors (Lipinski definition) is 7. The molecule has 0 bridgehead atoms. The summed E-state index contributed by atoms with van der Waals surface area (Å²) in [6, 6.07) is 3.16. The summed E-state index contributed by atoms with van der Waals surface area (Å²) in [5, 5.41) is 18.0. The third-order valence-corrected chi connectivity index (χ3v) is 4.19. The van der Waals surface area contributed by atoms with Crippen molar-refractivity contribution in [2.45, 2.75) is 11.4 Å². The third-order valence-electron chi connectivity index (χ3n) is 2.72. The van der Waals surface area contributed by atoms with Gasteiger partial charge in [-0.25, -0.2) is 13.1 Å². The maximum atomic E-state index is 12.1. The number of anilines is 1. The van der Waals surface area contributed by atoms with Crippen LogP contribution in [0.2, 0.25) is 0 Å². The van der Waals surface area contributed by atoms with Crippen molar-refractivity contribution in [3.63, 3.8) is 0 Å². The number of rotatable bonds is 5. The molecule has 1 heterocycles. The second-order valence-electron chi connectivity index (χ2n) is 4.16. The number of hydrogen-bond donors (Lipinski definition) is 2. The largest absolute Gasteiger partial charge is 0.397 e. The Labute approximate surface area is 119 Å². The van der Waals surface area contributed by atoms with Gasteiger partial charge in [-0.1, -0.05) is 0 Å². The molecule has 0 atom stereocenters. The van der Waals surface area contributed by atoms with Gasteiger partial charge in [-0.05, 0) is 6.07 Å². The first-order valence-electron chi connectivity index (χ1n) is 5.67. The van der Waals surface area contributed by atoms with Crippen molar-refractivity contribution in [1.82, 2.24) is 19.5 Å². The van der Waals surface area contributed by atoms with Crippen molar-refractivity contribution in [1.29, 1.82) is 0 Å². The SMILES string of the molecule is Cn1cnnc1CNS(=O)(=O)c1ccc([N+](=O)[O-])cc1N. The van der Waals surface area contributed by atoms with Crippen molar-refractivity contribution >= 4 is 21.4 Å². The summed E-state index contributed by atoms with van der Waals surface area (Å²) in [6.07, 6.45) is 1.43. The van der Waals surface area contributed by atoms with E-state index in [-0.39, 0.29) is 22.8 Å². The number of benzene rings is 1. The molecule has 112 valence electrons. The van der Waals surface area contributed by atoms with Crippen LogP contribution in [-0.2, 0) is 23.6 Å². The van der Waals surface area contributed by atoms with Crippen LogP contribution in [0.25, 0.3) is 0 Å². The highest BCUT2D eigenvalue weighted by molar-refractivity contribution is 7.89. The predicted octanol–water partition coefficient (Wildman–Crippen LogP) is -0.216. The molecule has 1 aromatic heterocycles. The lowest BCUT2D eigenvalue weighted by Gasteiger charge is -2.08. The molecule has 3 N–H and O–H groups in total. The number of nitrogens with two attached hydrogens (primary N) is 1. The minimum atomic E-state index is -3.90. The van der Waals surface area contributed by atoms with Crippen molar-refractivity contribution in [2.75, 3.05) is 5.73 Å². The van der Waals surface area contributed by atoms with Crippen LogP contribution in [0.3, 0.4) is 0 Å². The topological polar surface area (TPSA) is 146 Å². The summed E-state index contributed by atoms with van der Waals surface area (Å²) in [5.74, 6) is 0.416. The van der Waals surface area contributed by atoms with Gasteiger partial charge in [0.1, 0.15) is 17.0 Å². The van der Waals surface area contributed by atoms with Gasteiger partial charge in [0, 0.05) is 19.2 Å². The Morgan fingerprint density at radius 2 is 2.19 bits per heavy atom. The molecule has 10 nitrogen and oxygen atoms in total. The van der Waals surface area contributed by atoms with E-state index >= 15 is 0 Å². The number of aromatic nitrogens is 3. The number of aryl methyl sites for hydroxylation is 1. The van der Waals surface area contributed by atoms with Crippen molar-refractivity contribution in [2.24, 2.45) is 7.05 Å². The Kier molecular flexibility index (Phi) is 3.86. The maximum absolute atomic E-state index is 12.1. The first-order chi connectivity index (χ1) is 9.81. The van der Waals surface area contributed by atoms with Crippen LogP contribution in [0.4, 0.5) is 11.4 Å². The molecule has 0 aliphatic carbocycles. The maximum Gasteiger partial charge on any atom is 0.271 e. The second kappa shape index (κ2) is 5.46. The van der Waals surface area contributed by atoms with Crippen LogP contribution in [0.1, 0.15) is 5.82 Å². The average molecular weight is 312 g/mol. The van der Waals surface area contributed by atoms with Gasteiger partial charge in [0.15, 0.2) is 0 Å². The number of sulfonamides is 1. The average Bonchev–Trinajstić information content (AvgIpc) is 2.81. The Morgan fingerprint density at radius 1 is 1.48 bits per heavy atom. The van der Waals surface area contributed by atoms with Crippen LogP contribution in [0.5, 0.6) is 0 Å². The Morgan fingerprint density at radius 3 is 2.71 bits per heavy atom. The lowest BCUT2D eigenvalue weighted by atomic mass is 10.3. The molecule has 0 radical (unpaired) electrons. The number of nitro benzene ring substituents is 1. The molecule has 0 saturated heterocycles. The zero-order valence-corrected chi connectivity index (χ0v) is 11.7. The van der Waals surface area contributed by atoms with Gasteiger partial charge in [-0.15, -0.1) is 10.2 Å². The molecular formula is C10H12N6O4S. The fourth-order valence-corrected chi connectivity index (χ4v) is 2.69. The van der Waals surface area contributed by atoms with E-state index in [0.717, 1.165) is 18.2 Å². The van der Waals surface area contributed by atoms with Crippen molar-refractivity contribution < 1.29 is 13.3 Å². The molecule has 0 amide bonds. The molecule has 11 heteroatoms. The standard InChI is InChI=1S/C10H12N6O4S/c1-15-6-12-14-10(15)5-13-21(19,20)9-3-2-7(16(17)18)4-8(9)11/h2-4,6,13H,5,11H2,1H3. The molecule has 0 fully saturated rings. The van der Waals surface area contributed by atoms with Crippen LogP contribution in [0, 0.1) is 10.1 Å². The van der Waals surface area contributed by atoms with E-state index in [0.29, 0.717) is 5.82 Å². The number of nitro groups is 1. The van der Waals surface area contributed by atoms with Crippen LogP contribution >= 0.6 is 0 Å². The molecule has 2 rings (SSSR count). The summed E-state index contributed by atoms with van der Waals surface area (Å²) in [5.41, 5.74) is 5.09. The van der Waals surface area contributed by atoms with E-state index in [2.05, 4.69) is 14.9 Å².